The number of amides is 3. The molecule has 4 nitrogen and oxygen atoms in total. The Bertz CT molecular complexity index is 660. The Morgan fingerprint density at radius 3 is 1.95 bits per heavy atom. The number of benzene rings is 2. The zero-order chi connectivity index (χ0) is 14.8. The van der Waals surface area contributed by atoms with Crippen LogP contribution in [0.15, 0.2) is 60.7 Å². The van der Waals surface area contributed by atoms with E-state index in [0.717, 1.165) is 0 Å². The molecular formula is C16H13ClN2O2. The maximum atomic E-state index is 12.7. The maximum absolute atomic E-state index is 12.7. The fourth-order valence-corrected chi connectivity index (χ4v) is 2.68. The van der Waals surface area contributed by atoms with Gasteiger partial charge in [0.15, 0.2) is 0 Å². The monoisotopic (exact) mass is 300 g/mol. The highest BCUT2D eigenvalue weighted by atomic mass is 35.5. The summed E-state index contributed by atoms with van der Waals surface area (Å²) in [6.45, 7) is 0. The van der Waals surface area contributed by atoms with Crippen LogP contribution in [-0.2, 0) is 4.79 Å². The first-order valence-electron chi connectivity index (χ1n) is 6.59. The van der Waals surface area contributed by atoms with E-state index in [1.165, 1.54) is 9.80 Å². The van der Waals surface area contributed by atoms with Crippen molar-refractivity contribution in [1.29, 1.82) is 0 Å². The lowest BCUT2D eigenvalue weighted by molar-refractivity contribution is -0.118. The van der Waals surface area contributed by atoms with Gasteiger partial charge < -0.3 is 0 Å². The number of carbonyl (C=O) groups is 2. The number of hydrogen-bond acceptors (Lipinski definition) is 2. The van der Waals surface area contributed by atoms with E-state index in [4.69, 9.17) is 11.6 Å². The number of nitrogens with zero attached hydrogens (tertiary/aromatic N) is 2. The summed E-state index contributed by atoms with van der Waals surface area (Å²) in [6, 6.07) is 17.6. The number of alkyl halides is 1. The second-order valence-electron chi connectivity index (χ2n) is 4.69. The van der Waals surface area contributed by atoms with Gasteiger partial charge in [-0.05, 0) is 24.3 Å². The maximum Gasteiger partial charge on any atom is 0.337 e. The van der Waals surface area contributed by atoms with Gasteiger partial charge in [0.1, 0.15) is 5.50 Å². The summed E-state index contributed by atoms with van der Waals surface area (Å²) in [5, 5.41) is 0. The number of imide groups is 1. The van der Waals surface area contributed by atoms with Crippen molar-refractivity contribution in [2.24, 2.45) is 0 Å². The second kappa shape index (κ2) is 5.58. The molecule has 21 heavy (non-hydrogen) atoms. The van der Waals surface area contributed by atoms with Crippen LogP contribution in [0, 0.1) is 0 Å². The highest BCUT2D eigenvalue weighted by Crippen LogP contribution is 2.30. The predicted octanol–water partition coefficient (Wildman–Crippen LogP) is 3.61. The van der Waals surface area contributed by atoms with Crippen molar-refractivity contribution < 1.29 is 9.59 Å². The predicted molar refractivity (Wildman–Crippen MR) is 82.5 cm³/mol. The molecule has 5 heteroatoms. The number of para-hydroxylation sites is 2. The molecule has 3 amide bonds. The van der Waals surface area contributed by atoms with Gasteiger partial charge in [0.2, 0.25) is 5.91 Å². The average Bonchev–Trinajstić information content (AvgIpc) is 2.49. The van der Waals surface area contributed by atoms with Crippen LogP contribution in [0.5, 0.6) is 0 Å². The van der Waals surface area contributed by atoms with Gasteiger partial charge in [0, 0.05) is 5.69 Å². The smallest absolute Gasteiger partial charge is 0.276 e. The quantitative estimate of drug-likeness (QED) is 0.628. The molecule has 1 atom stereocenters. The summed E-state index contributed by atoms with van der Waals surface area (Å²) in [5.74, 6) is -0.293. The molecule has 1 aliphatic heterocycles. The molecule has 0 radical (unpaired) electrons. The van der Waals surface area contributed by atoms with Crippen molar-refractivity contribution in [3.05, 3.63) is 60.7 Å². The van der Waals surface area contributed by atoms with E-state index in [1.54, 1.807) is 36.4 Å². The SMILES string of the molecule is O=C1CC(Cl)N(c2ccccc2)C(=O)N1c1ccccc1. The molecule has 1 fully saturated rings. The Hall–Kier alpha value is -2.33. The lowest BCUT2D eigenvalue weighted by atomic mass is 10.2. The molecule has 1 heterocycles. The molecule has 0 spiro atoms. The number of carbonyl (C=O) groups excluding carboxylic acids is 2. The van der Waals surface area contributed by atoms with E-state index in [0.29, 0.717) is 11.4 Å². The van der Waals surface area contributed by atoms with E-state index < -0.39 is 11.5 Å². The van der Waals surface area contributed by atoms with E-state index in [9.17, 15) is 9.59 Å². The molecule has 2 aromatic rings. The summed E-state index contributed by atoms with van der Waals surface area (Å²) in [5.41, 5.74) is 0.556. The molecule has 2 aromatic carbocycles. The molecule has 1 saturated heterocycles. The first-order chi connectivity index (χ1) is 10.2. The standard InChI is InChI=1S/C16H13ClN2O2/c17-14-11-15(20)19(13-9-5-2-6-10-13)16(21)18(14)12-7-3-1-4-8-12/h1-10,14H,11H2. The van der Waals surface area contributed by atoms with Crippen molar-refractivity contribution in [2.75, 3.05) is 9.80 Å². The van der Waals surface area contributed by atoms with Gasteiger partial charge in [-0.1, -0.05) is 48.0 Å². The van der Waals surface area contributed by atoms with E-state index in [1.807, 2.05) is 24.3 Å². The minimum Gasteiger partial charge on any atom is -0.276 e. The van der Waals surface area contributed by atoms with Crippen LogP contribution in [0.4, 0.5) is 16.2 Å². The third-order valence-electron chi connectivity index (χ3n) is 3.32. The molecular weight excluding hydrogens is 288 g/mol. The second-order valence-corrected chi connectivity index (χ2v) is 5.20. The number of urea groups is 1. The number of hydrogen-bond donors (Lipinski definition) is 0. The van der Waals surface area contributed by atoms with Crippen molar-refractivity contribution in [3.63, 3.8) is 0 Å². The van der Waals surface area contributed by atoms with Crippen LogP contribution in [0.3, 0.4) is 0 Å². The van der Waals surface area contributed by atoms with E-state index in [-0.39, 0.29) is 12.3 Å². The number of rotatable bonds is 2. The van der Waals surface area contributed by atoms with Gasteiger partial charge in [0.05, 0.1) is 12.1 Å². The van der Waals surface area contributed by atoms with Crippen molar-refractivity contribution in [3.8, 4) is 0 Å². The topological polar surface area (TPSA) is 40.6 Å². The fraction of sp³-hybridized carbons (Fsp3) is 0.125. The molecule has 1 aliphatic rings. The molecule has 1 unspecified atom stereocenters. The van der Waals surface area contributed by atoms with Crippen LogP contribution >= 0.6 is 11.6 Å². The first-order valence-corrected chi connectivity index (χ1v) is 7.02. The van der Waals surface area contributed by atoms with Gasteiger partial charge in [-0.2, -0.15) is 0 Å². The number of halogens is 1. The summed E-state index contributed by atoms with van der Waals surface area (Å²) in [4.78, 5) is 27.5. The van der Waals surface area contributed by atoms with Gasteiger partial charge >= 0.3 is 6.03 Å². The Kier molecular flexibility index (Phi) is 3.62. The largest absolute Gasteiger partial charge is 0.337 e. The van der Waals surface area contributed by atoms with Crippen LogP contribution in [-0.4, -0.2) is 17.4 Å². The van der Waals surface area contributed by atoms with Crippen molar-refractivity contribution in [1.82, 2.24) is 0 Å². The summed E-state index contributed by atoms with van der Waals surface area (Å²) < 4.78 is 0. The van der Waals surface area contributed by atoms with E-state index in [2.05, 4.69) is 0 Å². The Labute approximate surface area is 127 Å². The summed E-state index contributed by atoms with van der Waals surface area (Å²) in [7, 11) is 0. The third-order valence-corrected chi connectivity index (χ3v) is 3.67. The zero-order valence-electron chi connectivity index (χ0n) is 11.1. The molecule has 0 saturated carbocycles. The molecule has 0 aromatic heterocycles. The summed E-state index contributed by atoms with van der Waals surface area (Å²) >= 11 is 6.22. The van der Waals surface area contributed by atoms with Crippen LogP contribution in [0.1, 0.15) is 6.42 Å². The summed E-state index contributed by atoms with van der Waals surface area (Å²) in [6.07, 6.45) is 0.0804. The Balaban J connectivity index is 2.00. The van der Waals surface area contributed by atoms with E-state index >= 15 is 0 Å². The molecule has 0 N–H and O–H groups in total. The first kappa shape index (κ1) is 13.6. The normalized spacial score (nSPS) is 19.0. The van der Waals surface area contributed by atoms with Crippen LogP contribution < -0.4 is 9.80 Å². The fourth-order valence-electron chi connectivity index (χ4n) is 2.35. The number of anilines is 2. The van der Waals surface area contributed by atoms with Crippen molar-refractivity contribution >= 4 is 34.9 Å². The zero-order valence-corrected chi connectivity index (χ0v) is 11.9. The molecule has 0 bridgehead atoms. The third kappa shape index (κ3) is 2.50. The Morgan fingerprint density at radius 2 is 1.38 bits per heavy atom. The molecule has 106 valence electrons. The minimum atomic E-state index is -0.674. The lowest BCUT2D eigenvalue weighted by Gasteiger charge is -2.37. The lowest BCUT2D eigenvalue weighted by Crippen LogP contribution is -2.56. The molecule has 3 rings (SSSR count). The Morgan fingerprint density at radius 1 is 0.857 bits per heavy atom. The average molecular weight is 301 g/mol. The van der Waals surface area contributed by atoms with Crippen molar-refractivity contribution in [2.45, 2.75) is 11.9 Å². The molecule has 0 aliphatic carbocycles. The highest BCUT2D eigenvalue weighted by molar-refractivity contribution is 6.32. The highest BCUT2D eigenvalue weighted by Gasteiger charge is 2.39. The van der Waals surface area contributed by atoms with Gasteiger partial charge in [-0.3, -0.25) is 9.69 Å². The van der Waals surface area contributed by atoms with Gasteiger partial charge in [-0.15, -0.1) is 0 Å². The van der Waals surface area contributed by atoms with Gasteiger partial charge in [0.25, 0.3) is 0 Å². The van der Waals surface area contributed by atoms with Crippen LogP contribution in [0.2, 0.25) is 0 Å². The van der Waals surface area contributed by atoms with Gasteiger partial charge in [-0.25, -0.2) is 9.69 Å². The van der Waals surface area contributed by atoms with Crippen LogP contribution in [0.25, 0.3) is 0 Å². The minimum absolute atomic E-state index is 0.0804.